The van der Waals surface area contributed by atoms with Crippen LogP contribution in [0.15, 0.2) is 36.7 Å². The van der Waals surface area contributed by atoms with Crippen LogP contribution in [0.2, 0.25) is 0 Å². The highest BCUT2D eigenvalue weighted by molar-refractivity contribution is 5.27. The summed E-state index contributed by atoms with van der Waals surface area (Å²) >= 11 is 0. The van der Waals surface area contributed by atoms with Crippen LogP contribution >= 0.6 is 0 Å². The lowest BCUT2D eigenvalue weighted by molar-refractivity contribution is -0.137. The number of halogens is 3. The van der Waals surface area contributed by atoms with E-state index in [9.17, 15) is 13.2 Å². The van der Waals surface area contributed by atoms with Crippen LogP contribution in [-0.2, 0) is 12.7 Å². The van der Waals surface area contributed by atoms with E-state index in [1.807, 2.05) is 11.5 Å². The van der Waals surface area contributed by atoms with E-state index in [0.29, 0.717) is 12.1 Å². The van der Waals surface area contributed by atoms with Crippen LogP contribution < -0.4 is 5.73 Å². The second kappa shape index (κ2) is 5.05. The van der Waals surface area contributed by atoms with Crippen LogP contribution in [0, 0.1) is 6.92 Å². The molecule has 0 aliphatic rings. The highest BCUT2D eigenvalue weighted by Crippen LogP contribution is 2.30. The molecule has 3 nitrogen and oxygen atoms in total. The average Bonchev–Trinajstić information content (AvgIpc) is 2.74. The van der Waals surface area contributed by atoms with Gasteiger partial charge in [0.15, 0.2) is 0 Å². The smallest absolute Gasteiger partial charge is 0.333 e. The summed E-state index contributed by atoms with van der Waals surface area (Å²) in [5.74, 6) is 0.780. The molecule has 6 heteroatoms. The molecule has 0 amide bonds. The molecular weight excluding hydrogens is 255 g/mol. The third kappa shape index (κ3) is 3.14. The van der Waals surface area contributed by atoms with E-state index >= 15 is 0 Å². The minimum Gasteiger partial charge on any atom is -0.333 e. The summed E-state index contributed by atoms with van der Waals surface area (Å²) in [4.78, 5) is 4.05. The summed E-state index contributed by atoms with van der Waals surface area (Å²) in [5, 5.41) is 0. The number of rotatable bonds is 3. The average molecular weight is 269 g/mol. The van der Waals surface area contributed by atoms with Gasteiger partial charge in [-0.15, -0.1) is 0 Å². The fourth-order valence-electron chi connectivity index (χ4n) is 1.86. The number of nitrogens with two attached hydrogens (primary N) is 1. The van der Waals surface area contributed by atoms with Gasteiger partial charge in [-0.3, -0.25) is 0 Å². The summed E-state index contributed by atoms with van der Waals surface area (Å²) in [5.41, 5.74) is 5.73. The lowest BCUT2D eigenvalue weighted by atomic mass is 10.0. The number of imidazole rings is 1. The van der Waals surface area contributed by atoms with Crippen molar-refractivity contribution < 1.29 is 13.2 Å². The van der Waals surface area contributed by atoms with E-state index in [2.05, 4.69) is 4.98 Å². The zero-order valence-electron chi connectivity index (χ0n) is 10.4. The Bertz CT molecular complexity index is 560. The van der Waals surface area contributed by atoms with Crippen LogP contribution in [0.4, 0.5) is 13.2 Å². The molecule has 1 heterocycles. The molecule has 1 aromatic carbocycles. The first kappa shape index (κ1) is 13.6. The molecule has 0 aliphatic heterocycles. The minimum atomic E-state index is -4.35. The molecular formula is C13H14F3N3. The largest absolute Gasteiger partial charge is 0.416 e. The molecule has 1 atom stereocenters. The van der Waals surface area contributed by atoms with Crippen LogP contribution in [0.1, 0.15) is 23.0 Å². The topological polar surface area (TPSA) is 43.8 Å². The van der Waals surface area contributed by atoms with Crippen LogP contribution in [0.25, 0.3) is 0 Å². The van der Waals surface area contributed by atoms with E-state index in [1.165, 1.54) is 6.07 Å². The maximum absolute atomic E-state index is 12.6. The molecule has 0 radical (unpaired) electrons. The van der Waals surface area contributed by atoms with Crippen molar-refractivity contribution in [3.05, 3.63) is 53.6 Å². The van der Waals surface area contributed by atoms with Crippen molar-refractivity contribution in [2.24, 2.45) is 5.73 Å². The highest BCUT2D eigenvalue weighted by Gasteiger charge is 2.30. The SMILES string of the molecule is Cc1nccn1CC(N)c1cccc(C(F)(F)F)c1. The van der Waals surface area contributed by atoms with Gasteiger partial charge in [0.25, 0.3) is 0 Å². The van der Waals surface area contributed by atoms with Crippen molar-refractivity contribution in [2.45, 2.75) is 25.7 Å². The van der Waals surface area contributed by atoms with E-state index in [1.54, 1.807) is 18.5 Å². The van der Waals surface area contributed by atoms with Gasteiger partial charge in [-0.25, -0.2) is 4.98 Å². The number of alkyl halides is 3. The van der Waals surface area contributed by atoms with Gasteiger partial charge >= 0.3 is 6.18 Å². The fourth-order valence-corrected chi connectivity index (χ4v) is 1.86. The molecule has 102 valence electrons. The molecule has 0 saturated heterocycles. The minimum absolute atomic E-state index is 0.396. The number of nitrogens with zero attached hydrogens (tertiary/aromatic N) is 2. The summed E-state index contributed by atoms with van der Waals surface area (Å²) in [6, 6.07) is 4.61. The van der Waals surface area contributed by atoms with Crippen molar-refractivity contribution in [3.63, 3.8) is 0 Å². The predicted molar refractivity (Wildman–Crippen MR) is 65.3 cm³/mol. The van der Waals surface area contributed by atoms with Crippen molar-refractivity contribution in [2.75, 3.05) is 0 Å². The van der Waals surface area contributed by atoms with E-state index < -0.39 is 17.8 Å². The van der Waals surface area contributed by atoms with Gasteiger partial charge in [0.1, 0.15) is 5.82 Å². The molecule has 0 aliphatic carbocycles. The van der Waals surface area contributed by atoms with Crippen LogP contribution in [0.3, 0.4) is 0 Å². The molecule has 0 spiro atoms. The first-order valence-electron chi connectivity index (χ1n) is 5.78. The monoisotopic (exact) mass is 269 g/mol. The first-order chi connectivity index (χ1) is 8.88. The second-order valence-electron chi connectivity index (χ2n) is 4.36. The Kier molecular flexibility index (Phi) is 3.61. The Balaban J connectivity index is 2.20. The summed E-state index contributed by atoms with van der Waals surface area (Å²) in [7, 11) is 0. The van der Waals surface area contributed by atoms with Crippen molar-refractivity contribution in [1.82, 2.24) is 9.55 Å². The lowest BCUT2D eigenvalue weighted by Crippen LogP contribution is -2.18. The number of hydrogen-bond donors (Lipinski definition) is 1. The van der Waals surface area contributed by atoms with Crippen molar-refractivity contribution in [3.8, 4) is 0 Å². The predicted octanol–water partition coefficient (Wildman–Crippen LogP) is 2.91. The van der Waals surface area contributed by atoms with Crippen molar-refractivity contribution >= 4 is 0 Å². The Labute approximate surface area is 108 Å². The van der Waals surface area contributed by atoms with Crippen LogP contribution in [0.5, 0.6) is 0 Å². The summed E-state index contributed by atoms with van der Waals surface area (Å²) in [6.07, 6.45) is -0.961. The molecule has 19 heavy (non-hydrogen) atoms. The molecule has 2 aromatic rings. The van der Waals surface area contributed by atoms with Gasteiger partial charge < -0.3 is 10.3 Å². The van der Waals surface area contributed by atoms with Gasteiger partial charge in [-0.05, 0) is 24.6 Å². The number of aryl methyl sites for hydroxylation is 1. The van der Waals surface area contributed by atoms with E-state index in [-0.39, 0.29) is 0 Å². The maximum atomic E-state index is 12.6. The first-order valence-corrected chi connectivity index (χ1v) is 5.78. The van der Waals surface area contributed by atoms with Crippen LogP contribution in [-0.4, -0.2) is 9.55 Å². The molecule has 2 N–H and O–H groups in total. The van der Waals surface area contributed by atoms with E-state index in [0.717, 1.165) is 18.0 Å². The standard InChI is InChI=1S/C13H14F3N3/c1-9-18-5-6-19(9)8-12(17)10-3-2-4-11(7-10)13(14,15)16/h2-7,12H,8,17H2,1H3. The van der Waals surface area contributed by atoms with Gasteiger partial charge in [-0.1, -0.05) is 12.1 Å². The molecule has 0 fully saturated rings. The zero-order valence-corrected chi connectivity index (χ0v) is 10.4. The number of benzene rings is 1. The van der Waals surface area contributed by atoms with E-state index in [4.69, 9.17) is 5.73 Å². The number of aromatic nitrogens is 2. The van der Waals surface area contributed by atoms with Gasteiger partial charge in [0.05, 0.1) is 5.56 Å². The Hall–Kier alpha value is -1.82. The quantitative estimate of drug-likeness (QED) is 0.931. The Morgan fingerprint density at radius 3 is 2.68 bits per heavy atom. The normalized spacial score (nSPS) is 13.5. The third-order valence-corrected chi connectivity index (χ3v) is 2.96. The maximum Gasteiger partial charge on any atom is 0.416 e. The summed E-state index contributed by atoms with van der Waals surface area (Å²) < 4.78 is 39.7. The third-order valence-electron chi connectivity index (χ3n) is 2.96. The lowest BCUT2D eigenvalue weighted by Gasteiger charge is -2.16. The Morgan fingerprint density at radius 2 is 2.11 bits per heavy atom. The molecule has 0 bridgehead atoms. The molecule has 2 rings (SSSR count). The number of hydrogen-bond acceptors (Lipinski definition) is 2. The zero-order chi connectivity index (χ0) is 14.0. The highest BCUT2D eigenvalue weighted by atomic mass is 19.4. The van der Waals surface area contributed by atoms with Gasteiger partial charge in [0.2, 0.25) is 0 Å². The van der Waals surface area contributed by atoms with Gasteiger partial charge in [0, 0.05) is 25.0 Å². The molecule has 1 unspecified atom stereocenters. The van der Waals surface area contributed by atoms with Gasteiger partial charge in [-0.2, -0.15) is 13.2 Å². The second-order valence-corrected chi connectivity index (χ2v) is 4.36. The fraction of sp³-hybridized carbons (Fsp3) is 0.308. The van der Waals surface area contributed by atoms with Crippen molar-refractivity contribution in [1.29, 1.82) is 0 Å². The molecule has 1 aromatic heterocycles. The summed E-state index contributed by atoms with van der Waals surface area (Å²) in [6.45, 7) is 2.21. The Morgan fingerprint density at radius 1 is 1.37 bits per heavy atom. The molecule has 0 saturated carbocycles.